The number of nitrogens with two attached hydrogens (primary N) is 1. The first kappa shape index (κ1) is 30.6. The van der Waals surface area contributed by atoms with E-state index in [2.05, 4.69) is 29.8 Å². The molecule has 2 aliphatic carbocycles. The fraction of sp³-hybridized carbons (Fsp3) is 0.815. The molecule has 3 aliphatic rings. The Hall–Kier alpha value is -2.65. The number of nitrogens with one attached hydrogen (secondary N) is 3. The molecule has 0 radical (unpaired) electrons. The monoisotopic (exact) mass is 521 g/mol. The van der Waals surface area contributed by atoms with Gasteiger partial charge in [0.25, 0.3) is 5.91 Å². The zero-order valence-electron chi connectivity index (χ0n) is 23.1. The number of rotatable bonds is 7. The Morgan fingerprint density at radius 1 is 1.05 bits per heavy atom. The van der Waals surface area contributed by atoms with Gasteiger partial charge >= 0.3 is 6.03 Å². The van der Waals surface area contributed by atoms with Crippen LogP contribution in [0.4, 0.5) is 4.79 Å². The minimum atomic E-state index is -1.29. The van der Waals surface area contributed by atoms with Gasteiger partial charge in [-0.25, -0.2) is 4.79 Å². The molecule has 10 heteroatoms. The number of fused-ring (bicyclic) bond motifs is 1. The van der Waals surface area contributed by atoms with E-state index in [0.29, 0.717) is 19.4 Å². The lowest BCUT2D eigenvalue weighted by molar-refractivity contribution is -0.145. The molecule has 5 amide bonds. The van der Waals surface area contributed by atoms with Gasteiger partial charge in [-0.2, -0.15) is 0 Å². The maximum Gasteiger partial charge on any atom is 0.315 e. The zero-order chi connectivity index (χ0) is 27.6. The van der Waals surface area contributed by atoms with Gasteiger partial charge in [0.05, 0.1) is 0 Å². The SMILES string of the molecule is C.CC[C@H]1C[C@]1(NC(=O)[C@@H]1[C@@H]2[C@H](CN1C(=O)[C@@H](NC(=O)NC(C)(C)C)C(C)(C)C)C2(C)C)C(=O)C(N)=O. The third-order valence-corrected chi connectivity index (χ3v) is 8.21. The van der Waals surface area contributed by atoms with E-state index in [1.54, 1.807) is 4.90 Å². The van der Waals surface area contributed by atoms with Crippen molar-refractivity contribution >= 4 is 29.5 Å². The number of urea groups is 1. The number of Topliss-reactive ketones (excluding diaryl/α,β-unsaturated/α-hetero) is 1. The van der Waals surface area contributed by atoms with Crippen molar-refractivity contribution in [1.29, 1.82) is 0 Å². The molecule has 6 atom stereocenters. The van der Waals surface area contributed by atoms with Gasteiger partial charge in [0.2, 0.25) is 17.6 Å². The number of piperidine rings is 1. The van der Waals surface area contributed by atoms with Crippen molar-refractivity contribution in [2.45, 2.75) is 106 Å². The summed E-state index contributed by atoms with van der Waals surface area (Å²) in [6.45, 7) is 17.5. The minimum absolute atomic E-state index is 0. The Bertz CT molecular complexity index is 979. The first-order valence-corrected chi connectivity index (χ1v) is 12.8. The van der Waals surface area contributed by atoms with E-state index in [0.717, 1.165) is 0 Å². The predicted molar refractivity (Wildman–Crippen MR) is 141 cm³/mol. The standard InChI is InChI=1S/C26H43N5O5.CH4/c1-10-13-11-26(13,18(32)19(27)33)29-20(34)16-15-14(25(15,8)9)12-31(16)21(35)17(23(2,3)4)28-22(36)30-24(5,6)7;/h13-17H,10-12H2,1-9H3,(H2,27,33)(H,29,34)(H2,28,30,36);1H4/t13-,14-,15-,16-,17+,26+;/m0./s1. The summed E-state index contributed by atoms with van der Waals surface area (Å²) >= 11 is 0. The average Bonchev–Trinajstić information content (AvgIpc) is 3.46. The number of hydrogen-bond acceptors (Lipinski definition) is 5. The molecule has 0 spiro atoms. The van der Waals surface area contributed by atoms with E-state index in [1.807, 2.05) is 48.5 Å². The van der Waals surface area contributed by atoms with Crippen LogP contribution >= 0.6 is 0 Å². The Kier molecular flexibility index (Phi) is 7.92. The quantitative estimate of drug-likeness (QED) is 0.378. The number of hydrogen-bond donors (Lipinski definition) is 4. The topological polar surface area (TPSA) is 151 Å². The summed E-state index contributed by atoms with van der Waals surface area (Å²) < 4.78 is 0. The first-order chi connectivity index (χ1) is 16.3. The summed E-state index contributed by atoms with van der Waals surface area (Å²) in [6.07, 6.45) is 0.970. The molecule has 2 saturated carbocycles. The molecular weight excluding hydrogens is 474 g/mol. The predicted octanol–water partition coefficient (Wildman–Crippen LogP) is 1.96. The van der Waals surface area contributed by atoms with Gasteiger partial charge in [-0.05, 0) is 55.8 Å². The van der Waals surface area contributed by atoms with Crippen molar-refractivity contribution in [3.63, 3.8) is 0 Å². The molecule has 1 heterocycles. The molecule has 0 aromatic rings. The van der Waals surface area contributed by atoms with Gasteiger partial charge < -0.3 is 26.6 Å². The molecule has 10 nitrogen and oxygen atoms in total. The van der Waals surface area contributed by atoms with Crippen molar-refractivity contribution < 1.29 is 24.0 Å². The van der Waals surface area contributed by atoms with Crippen LogP contribution in [0.25, 0.3) is 0 Å². The second-order valence-electron chi connectivity index (χ2n) is 13.5. The lowest BCUT2D eigenvalue weighted by Gasteiger charge is -2.38. The van der Waals surface area contributed by atoms with Gasteiger partial charge in [0, 0.05) is 12.1 Å². The van der Waals surface area contributed by atoms with Crippen molar-refractivity contribution in [1.82, 2.24) is 20.9 Å². The van der Waals surface area contributed by atoms with Crippen LogP contribution in [0.15, 0.2) is 0 Å². The molecule has 0 aromatic carbocycles. The van der Waals surface area contributed by atoms with Gasteiger partial charge in [0.15, 0.2) is 0 Å². The van der Waals surface area contributed by atoms with Gasteiger partial charge in [0.1, 0.15) is 17.6 Å². The number of nitrogens with zero attached hydrogens (tertiary/aromatic N) is 1. The summed E-state index contributed by atoms with van der Waals surface area (Å²) in [6, 6.07) is -2.14. The van der Waals surface area contributed by atoms with Gasteiger partial charge in [-0.15, -0.1) is 0 Å². The van der Waals surface area contributed by atoms with E-state index in [1.165, 1.54) is 0 Å². The lowest BCUT2D eigenvalue weighted by Crippen LogP contribution is -2.62. The third-order valence-electron chi connectivity index (χ3n) is 8.21. The molecule has 37 heavy (non-hydrogen) atoms. The summed E-state index contributed by atoms with van der Waals surface area (Å²) in [5, 5.41) is 8.48. The Morgan fingerprint density at radius 3 is 2.05 bits per heavy atom. The molecular formula is C27H47N5O5. The molecule has 0 aromatic heterocycles. The zero-order valence-corrected chi connectivity index (χ0v) is 23.1. The molecule has 1 saturated heterocycles. The van der Waals surface area contributed by atoms with Gasteiger partial charge in [-0.1, -0.05) is 55.4 Å². The Labute approximate surface area is 221 Å². The van der Waals surface area contributed by atoms with Crippen LogP contribution in [0, 0.1) is 28.6 Å². The highest BCUT2D eigenvalue weighted by atomic mass is 16.2. The van der Waals surface area contributed by atoms with Crippen LogP contribution < -0.4 is 21.7 Å². The highest BCUT2D eigenvalue weighted by Gasteiger charge is 2.71. The summed E-state index contributed by atoms with van der Waals surface area (Å²) in [7, 11) is 0. The number of ketones is 1. The second-order valence-corrected chi connectivity index (χ2v) is 13.5. The van der Waals surface area contributed by atoms with Crippen molar-refractivity contribution in [2.75, 3.05) is 6.54 Å². The van der Waals surface area contributed by atoms with Crippen LogP contribution in [-0.4, -0.2) is 64.1 Å². The lowest BCUT2D eigenvalue weighted by atomic mass is 9.85. The number of carbonyl (C=O) groups excluding carboxylic acids is 5. The Morgan fingerprint density at radius 2 is 1.62 bits per heavy atom. The van der Waals surface area contributed by atoms with Crippen molar-refractivity contribution in [3.8, 4) is 0 Å². The largest absolute Gasteiger partial charge is 0.363 e. The summed E-state index contributed by atoms with van der Waals surface area (Å²) in [4.78, 5) is 66.2. The molecule has 5 N–H and O–H groups in total. The van der Waals surface area contributed by atoms with Gasteiger partial charge in [-0.3, -0.25) is 19.2 Å². The highest BCUT2D eigenvalue weighted by molar-refractivity contribution is 6.40. The van der Waals surface area contributed by atoms with E-state index >= 15 is 0 Å². The van der Waals surface area contributed by atoms with E-state index < -0.39 is 52.2 Å². The van der Waals surface area contributed by atoms with Crippen molar-refractivity contribution in [3.05, 3.63) is 0 Å². The van der Waals surface area contributed by atoms with E-state index in [-0.39, 0.29) is 36.5 Å². The molecule has 210 valence electrons. The first-order valence-electron chi connectivity index (χ1n) is 12.8. The number of carbonyl (C=O) groups is 5. The molecule has 0 unspecified atom stereocenters. The maximum atomic E-state index is 13.9. The van der Waals surface area contributed by atoms with E-state index in [4.69, 9.17) is 5.73 Å². The van der Waals surface area contributed by atoms with Crippen molar-refractivity contribution in [2.24, 2.45) is 34.3 Å². The smallest absolute Gasteiger partial charge is 0.315 e. The minimum Gasteiger partial charge on any atom is -0.363 e. The summed E-state index contributed by atoms with van der Waals surface area (Å²) in [5.41, 5.74) is 2.75. The molecule has 1 aliphatic heterocycles. The van der Waals surface area contributed by atoms with Crippen LogP contribution in [0.2, 0.25) is 0 Å². The fourth-order valence-electron chi connectivity index (χ4n) is 5.96. The summed E-state index contributed by atoms with van der Waals surface area (Å²) in [5.74, 6) is -2.77. The Balaban J connectivity index is 0.00000481. The molecule has 3 fully saturated rings. The van der Waals surface area contributed by atoms with Crippen LogP contribution in [-0.2, 0) is 19.2 Å². The molecule has 0 bridgehead atoms. The van der Waals surface area contributed by atoms with Crippen LogP contribution in [0.3, 0.4) is 0 Å². The maximum absolute atomic E-state index is 13.9. The van der Waals surface area contributed by atoms with Crippen LogP contribution in [0.5, 0.6) is 0 Å². The molecule has 3 rings (SSSR count). The number of likely N-dealkylation sites (tertiary alicyclic amines) is 1. The third kappa shape index (κ3) is 5.62. The average molecular weight is 522 g/mol. The highest BCUT2D eigenvalue weighted by Crippen LogP contribution is 2.65. The normalized spacial score (nSPS) is 30.2. The van der Waals surface area contributed by atoms with E-state index in [9.17, 15) is 24.0 Å². The number of primary amides is 1. The van der Waals surface area contributed by atoms with Crippen LogP contribution in [0.1, 0.15) is 82.6 Å². The second kappa shape index (κ2) is 9.58. The number of amides is 5. The fourth-order valence-corrected chi connectivity index (χ4v) is 5.96.